The average Bonchev–Trinajstić information content (AvgIpc) is 3.30. The zero-order valence-electron chi connectivity index (χ0n) is 17.3. The van der Waals surface area contributed by atoms with Crippen LogP contribution in [-0.4, -0.2) is 63.3 Å². The lowest BCUT2D eigenvalue weighted by Crippen LogP contribution is -2.48. The first kappa shape index (κ1) is 19.9. The maximum absolute atomic E-state index is 12.3. The van der Waals surface area contributed by atoms with Crippen molar-refractivity contribution < 1.29 is 19.1 Å². The van der Waals surface area contributed by atoms with Gasteiger partial charge in [0.15, 0.2) is 0 Å². The van der Waals surface area contributed by atoms with Crippen molar-refractivity contribution in [1.29, 1.82) is 0 Å². The lowest BCUT2D eigenvalue weighted by Gasteiger charge is -2.25. The molecule has 0 bridgehead atoms. The number of amides is 4. The van der Waals surface area contributed by atoms with Gasteiger partial charge in [-0.25, -0.2) is 9.59 Å². The number of urea groups is 1. The molecule has 9 heteroatoms. The topological polar surface area (TPSA) is 108 Å². The minimum absolute atomic E-state index is 0.252. The van der Waals surface area contributed by atoms with E-state index in [0.29, 0.717) is 32.6 Å². The molecule has 2 aliphatic heterocycles. The highest BCUT2D eigenvalue weighted by Crippen LogP contribution is 2.27. The van der Waals surface area contributed by atoms with Gasteiger partial charge in [-0.2, -0.15) is 5.10 Å². The number of H-pyrrole nitrogens is 1. The van der Waals surface area contributed by atoms with Crippen LogP contribution in [0.2, 0.25) is 0 Å². The highest BCUT2D eigenvalue weighted by molar-refractivity contribution is 5.96. The van der Waals surface area contributed by atoms with Crippen LogP contribution in [0.3, 0.4) is 0 Å². The number of nitrogens with zero attached hydrogens (tertiary/aromatic N) is 3. The van der Waals surface area contributed by atoms with Gasteiger partial charge in [-0.15, -0.1) is 0 Å². The maximum atomic E-state index is 12.3. The zero-order valence-corrected chi connectivity index (χ0v) is 17.3. The number of imide groups is 1. The summed E-state index contributed by atoms with van der Waals surface area (Å²) >= 11 is 0. The smallest absolute Gasteiger partial charge is 0.410 e. The summed E-state index contributed by atoms with van der Waals surface area (Å²) in [6.45, 7) is 7.26. The number of benzene rings is 1. The predicted molar refractivity (Wildman–Crippen MR) is 110 cm³/mol. The van der Waals surface area contributed by atoms with Crippen LogP contribution in [0.25, 0.3) is 16.5 Å². The molecule has 158 valence electrons. The Morgan fingerprint density at radius 3 is 2.80 bits per heavy atom. The molecule has 0 radical (unpaired) electrons. The van der Waals surface area contributed by atoms with E-state index >= 15 is 0 Å². The van der Waals surface area contributed by atoms with E-state index < -0.39 is 11.6 Å². The third-order valence-corrected chi connectivity index (χ3v) is 5.07. The Balaban J connectivity index is 1.46. The molecule has 0 spiro atoms. The summed E-state index contributed by atoms with van der Waals surface area (Å²) in [4.78, 5) is 38.8. The van der Waals surface area contributed by atoms with Crippen molar-refractivity contribution >= 4 is 34.5 Å². The molecule has 1 fully saturated rings. The Labute approximate surface area is 174 Å². The molecule has 9 nitrogen and oxygen atoms in total. The largest absolute Gasteiger partial charge is 0.444 e. The van der Waals surface area contributed by atoms with E-state index in [2.05, 4.69) is 15.5 Å². The summed E-state index contributed by atoms with van der Waals surface area (Å²) in [5, 5.41) is 10.6. The van der Waals surface area contributed by atoms with E-state index in [4.69, 9.17) is 4.74 Å². The van der Waals surface area contributed by atoms with Crippen LogP contribution in [0.15, 0.2) is 24.3 Å². The first-order valence-corrected chi connectivity index (χ1v) is 9.93. The van der Waals surface area contributed by atoms with Crippen LogP contribution in [0.4, 0.5) is 9.59 Å². The molecule has 30 heavy (non-hydrogen) atoms. The van der Waals surface area contributed by atoms with E-state index in [1.165, 1.54) is 0 Å². The average molecular weight is 411 g/mol. The van der Waals surface area contributed by atoms with E-state index in [0.717, 1.165) is 27.7 Å². The minimum atomic E-state index is -0.524. The molecule has 2 N–H and O–H groups in total. The second kappa shape index (κ2) is 7.47. The fraction of sp³-hybridized carbons (Fsp3) is 0.429. The fourth-order valence-corrected chi connectivity index (χ4v) is 3.56. The second-order valence-corrected chi connectivity index (χ2v) is 8.55. The summed E-state index contributed by atoms with van der Waals surface area (Å²) < 4.78 is 5.45. The number of fused-ring (bicyclic) bond motifs is 1. The standard InChI is InChI=1S/C21H25N5O4/c1-21(2,3)30-20(29)26-8-6-14(11-26)13-4-5-15-16(10-13)23-24-17(15)12-25-9-7-18(27)22-19(25)28/h4-6,10H,7-9,11-12H2,1-3H3,(H,23,24)(H,22,27,28). The predicted octanol–water partition coefficient (Wildman–Crippen LogP) is 2.64. The van der Waals surface area contributed by atoms with E-state index in [1.807, 2.05) is 45.0 Å². The van der Waals surface area contributed by atoms with Crippen LogP contribution in [-0.2, 0) is 16.1 Å². The molecule has 0 unspecified atom stereocenters. The van der Waals surface area contributed by atoms with Gasteiger partial charge in [0.1, 0.15) is 5.60 Å². The van der Waals surface area contributed by atoms with E-state index in [1.54, 1.807) is 9.80 Å². The first-order chi connectivity index (χ1) is 14.2. The molecular weight excluding hydrogens is 386 g/mol. The molecule has 4 rings (SSSR count). The lowest BCUT2D eigenvalue weighted by molar-refractivity contribution is -0.121. The van der Waals surface area contributed by atoms with Crippen LogP contribution in [0.1, 0.15) is 38.4 Å². The molecule has 1 saturated heterocycles. The van der Waals surface area contributed by atoms with Crippen LogP contribution < -0.4 is 5.32 Å². The van der Waals surface area contributed by atoms with Crippen molar-refractivity contribution in [2.45, 2.75) is 39.3 Å². The zero-order chi connectivity index (χ0) is 21.5. The number of aromatic nitrogens is 2. The van der Waals surface area contributed by atoms with Crippen molar-refractivity contribution in [2.75, 3.05) is 19.6 Å². The quantitative estimate of drug-likeness (QED) is 0.807. The molecule has 0 aliphatic carbocycles. The van der Waals surface area contributed by atoms with Crippen LogP contribution in [0, 0.1) is 0 Å². The number of hydrogen-bond acceptors (Lipinski definition) is 5. The molecule has 3 heterocycles. The summed E-state index contributed by atoms with van der Waals surface area (Å²) in [7, 11) is 0. The van der Waals surface area contributed by atoms with Gasteiger partial charge in [-0.05, 0) is 38.0 Å². The minimum Gasteiger partial charge on any atom is -0.444 e. The van der Waals surface area contributed by atoms with Gasteiger partial charge in [0.05, 0.1) is 17.8 Å². The van der Waals surface area contributed by atoms with Crippen molar-refractivity contribution in [1.82, 2.24) is 25.3 Å². The normalized spacial score (nSPS) is 17.4. The Hall–Kier alpha value is -3.36. The Morgan fingerprint density at radius 1 is 1.27 bits per heavy atom. The Kier molecular flexibility index (Phi) is 4.97. The Morgan fingerprint density at radius 2 is 2.07 bits per heavy atom. The Bertz CT molecular complexity index is 1050. The van der Waals surface area contributed by atoms with Gasteiger partial charge >= 0.3 is 12.1 Å². The molecule has 0 saturated carbocycles. The first-order valence-electron chi connectivity index (χ1n) is 9.93. The highest BCUT2D eigenvalue weighted by Gasteiger charge is 2.27. The fourth-order valence-electron chi connectivity index (χ4n) is 3.56. The third-order valence-electron chi connectivity index (χ3n) is 5.07. The lowest BCUT2D eigenvalue weighted by atomic mass is 10.0. The van der Waals surface area contributed by atoms with Crippen molar-refractivity contribution in [3.63, 3.8) is 0 Å². The van der Waals surface area contributed by atoms with Gasteiger partial charge in [-0.1, -0.05) is 18.2 Å². The van der Waals surface area contributed by atoms with Gasteiger partial charge < -0.3 is 14.5 Å². The maximum Gasteiger partial charge on any atom is 0.410 e. The van der Waals surface area contributed by atoms with Gasteiger partial charge in [0.2, 0.25) is 5.91 Å². The van der Waals surface area contributed by atoms with Crippen LogP contribution >= 0.6 is 0 Å². The molecule has 2 aliphatic rings. The number of carbonyl (C=O) groups excluding carboxylic acids is 3. The number of ether oxygens (including phenoxy) is 1. The summed E-state index contributed by atoms with van der Waals surface area (Å²) in [6, 6.07) is 5.56. The summed E-state index contributed by atoms with van der Waals surface area (Å²) in [5.41, 5.74) is 3.13. The van der Waals surface area contributed by atoms with E-state index in [9.17, 15) is 14.4 Å². The number of rotatable bonds is 3. The SMILES string of the molecule is CC(C)(C)OC(=O)N1CC=C(c2ccc3c(CN4CCC(=O)NC4=O)n[nH]c3c2)C1. The summed E-state index contributed by atoms with van der Waals surface area (Å²) in [6.07, 6.45) is 2.00. The van der Waals surface area contributed by atoms with Crippen molar-refractivity contribution in [3.8, 4) is 0 Å². The molecule has 4 amide bonds. The number of carbonyl (C=O) groups is 3. The highest BCUT2D eigenvalue weighted by atomic mass is 16.6. The van der Waals surface area contributed by atoms with Crippen LogP contribution in [0.5, 0.6) is 0 Å². The van der Waals surface area contributed by atoms with Gasteiger partial charge in [-0.3, -0.25) is 15.2 Å². The van der Waals surface area contributed by atoms with Gasteiger partial charge in [0, 0.05) is 31.4 Å². The van der Waals surface area contributed by atoms with Crippen molar-refractivity contribution in [3.05, 3.63) is 35.5 Å². The monoisotopic (exact) mass is 411 g/mol. The number of hydrogen-bond donors (Lipinski definition) is 2. The molecular formula is C21H25N5O4. The summed E-state index contributed by atoms with van der Waals surface area (Å²) in [5.74, 6) is -0.252. The second-order valence-electron chi connectivity index (χ2n) is 8.55. The van der Waals surface area contributed by atoms with E-state index in [-0.39, 0.29) is 12.0 Å². The molecule has 0 atom stereocenters. The number of aromatic amines is 1. The third kappa shape index (κ3) is 4.14. The van der Waals surface area contributed by atoms with Crippen molar-refractivity contribution in [2.24, 2.45) is 0 Å². The number of nitrogens with one attached hydrogen (secondary N) is 2. The molecule has 1 aromatic carbocycles. The van der Waals surface area contributed by atoms with Gasteiger partial charge in [0.25, 0.3) is 0 Å². The molecule has 2 aromatic rings. The molecule has 1 aromatic heterocycles.